The predicted molar refractivity (Wildman–Crippen MR) is 216 cm³/mol. The fraction of sp³-hybridized carbons (Fsp3) is 0.978. The van der Waals surface area contributed by atoms with Gasteiger partial charge in [-0.1, -0.05) is 264 Å². The summed E-state index contributed by atoms with van der Waals surface area (Å²) in [4.78, 5) is 12.0. The molecule has 0 aliphatic carbocycles. The van der Waals surface area contributed by atoms with Crippen LogP contribution in [0.15, 0.2) is 0 Å². The summed E-state index contributed by atoms with van der Waals surface area (Å²) in [6, 6.07) is 0. The van der Waals surface area contributed by atoms with Gasteiger partial charge in [0.2, 0.25) is 0 Å². The maximum Gasteiger partial charge on any atom is 0.305 e. The van der Waals surface area contributed by atoms with Crippen molar-refractivity contribution in [2.75, 3.05) is 6.61 Å². The summed E-state index contributed by atoms with van der Waals surface area (Å²) in [5.41, 5.74) is 0. The first-order valence-corrected chi connectivity index (χ1v) is 23.0. The summed E-state index contributed by atoms with van der Waals surface area (Å²) in [5.74, 6) is 0.0327. The zero-order chi connectivity index (χ0) is 34.7. The summed E-state index contributed by atoms with van der Waals surface area (Å²) >= 11 is 0. The van der Waals surface area contributed by atoms with Crippen molar-refractivity contribution in [1.82, 2.24) is 0 Å². The summed E-state index contributed by atoms with van der Waals surface area (Å²) in [6.07, 6.45) is 57.9. The fourth-order valence-corrected chi connectivity index (χ4v) is 7.32. The lowest BCUT2D eigenvalue weighted by atomic mass is 10.0. The Balaban J connectivity index is 3.14. The summed E-state index contributed by atoms with van der Waals surface area (Å²) in [6.45, 7) is 5.23. The van der Waals surface area contributed by atoms with Gasteiger partial charge in [0.25, 0.3) is 0 Å². The number of ether oxygens (including phenoxy) is 1. The van der Waals surface area contributed by atoms with E-state index in [2.05, 4.69) is 13.8 Å². The first kappa shape index (κ1) is 47.5. The molecular weight excluding hydrogens is 585 g/mol. The van der Waals surface area contributed by atoms with E-state index in [1.165, 1.54) is 250 Å². The van der Waals surface area contributed by atoms with Crippen molar-refractivity contribution in [1.29, 1.82) is 0 Å². The molecule has 0 fully saturated rings. The molecule has 0 aliphatic heterocycles. The standard InChI is InChI=1S/C46H92O2/c1-3-5-7-9-11-13-15-17-19-21-22-23-24-25-26-27-28-30-32-34-36-38-40-42-44-46(47)48-45-43-41-39-37-35-33-31-29-20-18-16-14-12-10-8-6-4-2/h3-45H2,1-2H3. The van der Waals surface area contributed by atoms with Crippen molar-refractivity contribution in [3.05, 3.63) is 0 Å². The highest BCUT2D eigenvalue weighted by Gasteiger charge is 2.03. The molecule has 0 saturated carbocycles. The molecule has 0 heterocycles. The van der Waals surface area contributed by atoms with E-state index >= 15 is 0 Å². The number of carbonyl (C=O) groups is 1. The Labute approximate surface area is 304 Å². The van der Waals surface area contributed by atoms with Gasteiger partial charge in [-0.05, 0) is 12.8 Å². The maximum absolute atomic E-state index is 12.0. The minimum Gasteiger partial charge on any atom is -0.466 e. The molecule has 2 heteroatoms. The fourth-order valence-electron chi connectivity index (χ4n) is 7.32. The second-order valence-corrected chi connectivity index (χ2v) is 15.8. The molecule has 0 saturated heterocycles. The third-order valence-corrected chi connectivity index (χ3v) is 10.7. The van der Waals surface area contributed by atoms with Gasteiger partial charge in [-0.2, -0.15) is 0 Å². The molecule has 48 heavy (non-hydrogen) atoms. The lowest BCUT2D eigenvalue weighted by Gasteiger charge is -2.06. The normalized spacial score (nSPS) is 11.5. The molecule has 0 amide bonds. The van der Waals surface area contributed by atoms with Gasteiger partial charge < -0.3 is 4.74 Å². The number of esters is 1. The van der Waals surface area contributed by atoms with Crippen molar-refractivity contribution in [2.24, 2.45) is 0 Å². The van der Waals surface area contributed by atoms with Gasteiger partial charge in [0.1, 0.15) is 0 Å². The Morgan fingerprint density at radius 1 is 0.271 bits per heavy atom. The lowest BCUT2D eigenvalue weighted by Crippen LogP contribution is -2.05. The van der Waals surface area contributed by atoms with E-state index in [-0.39, 0.29) is 5.97 Å². The van der Waals surface area contributed by atoms with Crippen LogP contribution in [0, 0.1) is 0 Å². The Morgan fingerprint density at radius 3 is 0.688 bits per heavy atom. The minimum atomic E-state index is 0.0327. The number of carbonyl (C=O) groups excluding carboxylic acids is 1. The third-order valence-electron chi connectivity index (χ3n) is 10.7. The molecule has 0 unspecified atom stereocenters. The first-order valence-electron chi connectivity index (χ1n) is 23.0. The summed E-state index contributed by atoms with van der Waals surface area (Å²) < 4.78 is 5.48. The SMILES string of the molecule is CCCCCCCCCCCCCCCCCCCCCCCCCCC(=O)OCCCCCCCCCCCCCCCCCCC. The summed E-state index contributed by atoms with van der Waals surface area (Å²) in [7, 11) is 0. The lowest BCUT2D eigenvalue weighted by molar-refractivity contribution is -0.143. The van der Waals surface area contributed by atoms with Crippen LogP contribution in [0.3, 0.4) is 0 Å². The van der Waals surface area contributed by atoms with E-state index in [0.717, 1.165) is 12.8 Å². The summed E-state index contributed by atoms with van der Waals surface area (Å²) in [5, 5.41) is 0. The molecule has 0 aromatic carbocycles. The molecule has 0 spiro atoms. The van der Waals surface area contributed by atoms with Crippen LogP contribution in [0.4, 0.5) is 0 Å². The highest BCUT2D eigenvalue weighted by Crippen LogP contribution is 2.17. The second-order valence-electron chi connectivity index (χ2n) is 15.8. The van der Waals surface area contributed by atoms with E-state index < -0.39 is 0 Å². The topological polar surface area (TPSA) is 26.3 Å². The highest BCUT2D eigenvalue weighted by molar-refractivity contribution is 5.69. The molecule has 0 N–H and O–H groups in total. The maximum atomic E-state index is 12.0. The predicted octanol–water partition coefficient (Wildman–Crippen LogP) is 17.0. The Bertz CT molecular complexity index is 572. The highest BCUT2D eigenvalue weighted by atomic mass is 16.5. The van der Waals surface area contributed by atoms with Gasteiger partial charge in [-0.3, -0.25) is 4.79 Å². The molecule has 0 rings (SSSR count). The second kappa shape index (κ2) is 44.5. The van der Waals surface area contributed by atoms with E-state index in [9.17, 15) is 4.79 Å². The molecule has 0 aromatic rings. The van der Waals surface area contributed by atoms with Crippen molar-refractivity contribution < 1.29 is 9.53 Å². The number of rotatable bonds is 43. The van der Waals surface area contributed by atoms with Gasteiger partial charge in [-0.25, -0.2) is 0 Å². The first-order chi connectivity index (χ1) is 23.8. The van der Waals surface area contributed by atoms with Crippen molar-refractivity contribution >= 4 is 5.97 Å². The van der Waals surface area contributed by atoms with Gasteiger partial charge in [0.05, 0.1) is 6.61 Å². The molecule has 288 valence electrons. The molecular formula is C46H92O2. The van der Waals surface area contributed by atoms with Crippen molar-refractivity contribution in [2.45, 2.75) is 284 Å². The largest absolute Gasteiger partial charge is 0.466 e. The molecule has 0 atom stereocenters. The van der Waals surface area contributed by atoms with Crippen LogP contribution in [0.5, 0.6) is 0 Å². The van der Waals surface area contributed by atoms with Crippen LogP contribution in [-0.4, -0.2) is 12.6 Å². The third kappa shape index (κ3) is 43.5. The molecule has 0 radical (unpaired) electrons. The number of hydrogen-bond acceptors (Lipinski definition) is 2. The van der Waals surface area contributed by atoms with E-state index in [0.29, 0.717) is 13.0 Å². The van der Waals surface area contributed by atoms with Crippen molar-refractivity contribution in [3.63, 3.8) is 0 Å². The van der Waals surface area contributed by atoms with Crippen LogP contribution in [0.1, 0.15) is 284 Å². The van der Waals surface area contributed by atoms with Gasteiger partial charge in [0, 0.05) is 6.42 Å². The van der Waals surface area contributed by atoms with Crippen LogP contribution in [0.2, 0.25) is 0 Å². The molecule has 0 aromatic heterocycles. The quantitative estimate of drug-likeness (QED) is 0.0474. The number of unbranched alkanes of at least 4 members (excludes halogenated alkanes) is 39. The van der Waals surface area contributed by atoms with Crippen LogP contribution < -0.4 is 0 Å². The van der Waals surface area contributed by atoms with Crippen molar-refractivity contribution in [3.8, 4) is 0 Å². The molecule has 0 aliphatic rings. The zero-order valence-corrected chi connectivity index (χ0v) is 33.7. The van der Waals surface area contributed by atoms with Crippen LogP contribution >= 0.6 is 0 Å². The van der Waals surface area contributed by atoms with Crippen LogP contribution in [-0.2, 0) is 9.53 Å². The molecule has 2 nitrogen and oxygen atoms in total. The van der Waals surface area contributed by atoms with Crippen LogP contribution in [0.25, 0.3) is 0 Å². The Kier molecular flexibility index (Phi) is 44.0. The molecule has 0 bridgehead atoms. The average Bonchev–Trinajstić information content (AvgIpc) is 3.09. The number of hydrogen-bond donors (Lipinski definition) is 0. The monoisotopic (exact) mass is 677 g/mol. The smallest absolute Gasteiger partial charge is 0.305 e. The van der Waals surface area contributed by atoms with Gasteiger partial charge in [0.15, 0.2) is 0 Å². The Hall–Kier alpha value is -0.530. The van der Waals surface area contributed by atoms with E-state index in [1.54, 1.807) is 0 Å². The van der Waals surface area contributed by atoms with E-state index in [1.807, 2.05) is 0 Å². The van der Waals surface area contributed by atoms with E-state index in [4.69, 9.17) is 4.74 Å². The average molecular weight is 677 g/mol. The zero-order valence-electron chi connectivity index (χ0n) is 33.7. The van der Waals surface area contributed by atoms with Gasteiger partial charge >= 0.3 is 5.97 Å². The van der Waals surface area contributed by atoms with Gasteiger partial charge in [-0.15, -0.1) is 0 Å². The Morgan fingerprint density at radius 2 is 0.458 bits per heavy atom. The minimum absolute atomic E-state index is 0.0327.